The van der Waals surface area contributed by atoms with Crippen LogP contribution < -0.4 is 14.4 Å². The summed E-state index contributed by atoms with van der Waals surface area (Å²) in [7, 11) is 3.27. The molecule has 3 aromatic carbocycles. The molecule has 52 heavy (non-hydrogen) atoms. The number of imidazole rings is 1. The first kappa shape index (κ1) is 34.8. The van der Waals surface area contributed by atoms with E-state index in [-0.39, 0.29) is 43.3 Å². The third-order valence-corrected chi connectivity index (χ3v) is 9.84. The normalized spacial score (nSPS) is 19.3. The molecule has 0 saturated carbocycles. The Balaban J connectivity index is 1.16. The van der Waals surface area contributed by atoms with Gasteiger partial charge in [0.25, 0.3) is 0 Å². The van der Waals surface area contributed by atoms with Crippen molar-refractivity contribution >= 4 is 34.8 Å². The van der Waals surface area contributed by atoms with Crippen LogP contribution in [-0.2, 0) is 29.5 Å². The molecule has 3 unspecified atom stereocenters. The first-order valence-corrected chi connectivity index (χ1v) is 17.2. The van der Waals surface area contributed by atoms with Crippen LogP contribution in [0.15, 0.2) is 91.5 Å². The number of amides is 2. The molecule has 3 atom stereocenters. The average molecular weight is 706 g/mol. The number of rotatable bonds is 13. The molecule has 0 aliphatic carbocycles. The third-order valence-electron chi connectivity index (χ3n) is 9.84. The number of aromatic nitrogens is 4. The molecule has 0 bridgehead atoms. The maximum Gasteiger partial charge on any atom is 0.303 e. The summed E-state index contributed by atoms with van der Waals surface area (Å²) in [5.41, 5.74) is 2.47. The number of ether oxygens (including phenoxy) is 4. The fourth-order valence-electron chi connectivity index (χ4n) is 7.15. The molecule has 268 valence electrons. The Kier molecular flexibility index (Phi) is 9.97. The van der Waals surface area contributed by atoms with Gasteiger partial charge in [-0.05, 0) is 66.6 Å². The highest BCUT2D eigenvalue weighted by Crippen LogP contribution is 2.43. The van der Waals surface area contributed by atoms with Crippen LogP contribution in [-0.4, -0.2) is 69.3 Å². The number of carbonyl (C=O) groups is 3. The first-order chi connectivity index (χ1) is 25.3. The van der Waals surface area contributed by atoms with E-state index in [0.717, 1.165) is 33.1 Å². The highest BCUT2D eigenvalue weighted by atomic mass is 16.6. The Morgan fingerprint density at radius 1 is 0.865 bits per heavy atom. The van der Waals surface area contributed by atoms with Crippen molar-refractivity contribution in [2.45, 2.75) is 56.5 Å². The number of anilines is 1. The van der Waals surface area contributed by atoms with Gasteiger partial charge in [-0.3, -0.25) is 19.0 Å². The highest BCUT2D eigenvalue weighted by Gasteiger charge is 2.41. The monoisotopic (exact) mass is 705 g/mol. The van der Waals surface area contributed by atoms with Gasteiger partial charge in [0, 0.05) is 18.8 Å². The van der Waals surface area contributed by atoms with Crippen molar-refractivity contribution in [3.8, 4) is 11.5 Å². The Hall–Kier alpha value is -5.66. The molecule has 13 heteroatoms. The molecule has 0 radical (unpaired) electrons. The van der Waals surface area contributed by atoms with Gasteiger partial charge in [0.15, 0.2) is 17.0 Å². The maximum atomic E-state index is 13.4. The van der Waals surface area contributed by atoms with Gasteiger partial charge < -0.3 is 24.1 Å². The molecule has 2 saturated heterocycles. The zero-order valence-corrected chi connectivity index (χ0v) is 28.9. The number of nitrogens with zero attached hydrogens (tertiary/aromatic N) is 5. The van der Waals surface area contributed by atoms with Gasteiger partial charge in [-0.2, -0.15) is 0 Å². The number of fused-ring (bicyclic) bond motifs is 1. The summed E-state index contributed by atoms with van der Waals surface area (Å²) in [6.07, 6.45) is 3.86. The Bertz CT molecular complexity index is 2000. The van der Waals surface area contributed by atoms with Crippen molar-refractivity contribution < 1.29 is 38.4 Å². The minimum atomic E-state index is -0.999. The summed E-state index contributed by atoms with van der Waals surface area (Å²) < 4.78 is 26.4. The van der Waals surface area contributed by atoms with E-state index in [1.165, 1.54) is 6.33 Å². The first-order valence-electron chi connectivity index (χ1n) is 17.2. The van der Waals surface area contributed by atoms with Crippen molar-refractivity contribution in [3.63, 3.8) is 0 Å². The van der Waals surface area contributed by atoms with E-state index in [4.69, 9.17) is 24.1 Å². The minimum Gasteiger partial charge on any atom is -0.497 e. The highest BCUT2D eigenvalue weighted by molar-refractivity contribution is 6.19. The molecule has 0 spiro atoms. The molecule has 4 heterocycles. The molecular weight excluding hydrogens is 666 g/mol. The van der Waals surface area contributed by atoms with Gasteiger partial charge in [0.05, 0.1) is 33.3 Å². The second-order valence-electron chi connectivity index (χ2n) is 12.9. The number of aliphatic carboxylic acids is 1. The van der Waals surface area contributed by atoms with Crippen LogP contribution in [0.2, 0.25) is 0 Å². The van der Waals surface area contributed by atoms with Gasteiger partial charge in [-0.1, -0.05) is 54.6 Å². The van der Waals surface area contributed by atoms with Crippen LogP contribution in [0.1, 0.15) is 61.4 Å². The summed E-state index contributed by atoms with van der Waals surface area (Å²) in [4.78, 5) is 51.9. The number of carbonyl (C=O) groups excluding carboxylic acids is 2. The average Bonchev–Trinajstić information content (AvgIpc) is 3.83. The van der Waals surface area contributed by atoms with Gasteiger partial charge in [0.2, 0.25) is 11.8 Å². The van der Waals surface area contributed by atoms with Crippen molar-refractivity contribution in [3.05, 3.63) is 108 Å². The number of methoxy groups -OCH3 is 2. The molecule has 13 nitrogen and oxygen atoms in total. The molecule has 5 aromatic rings. The molecule has 2 aliphatic rings. The molecule has 1 N–H and O–H groups in total. The second kappa shape index (κ2) is 14.9. The summed E-state index contributed by atoms with van der Waals surface area (Å²) in [5.74, 6) is -0.926. The smallest absolute Gasteiger partial charge is 0.303 e. The van der Waals surface area contributed by atoms with Crippen LogP contribution in [0, 0.1) is 5.92 Å². The van der Waals surface area contributed by atoms with E-state index < -0.39 is 35.5 Å². The number of hydrogen-bond donors (Lipinski definition) is 1. The summed E-state index contributed by atoms with van der Waals surface area (Å²) in [6, 6.07) is 25.8. The summed E-state index contributed by atoms with van der Waals surface area (Å²) >= 11 is 0. The quantitative estimate of drug-likeness (QED) is 0.119. The maximum absolute atomic E-state index is 13.4. The number of hydrogen-bond acceptors (Lipinski definition) is 10. The standard InChI is InChI=1S/C39H39N5O8/c1-49-29-14-10-27(11-15-29)39(26-6-4-3-5-7-26,28-12-16-30(50-2)17-13-28)51-22-31-18-20-33(52-31)43-24-42-35-36(43)40-23-41-37(35)44-32(45)19-8-25(38(44)48)9-21-34(46)47/h3-7,10-17,23-25,31,33H,8-9,18-22H2,1-2H3,(H,46,47). The summed E-state index contributed by atoms with van der Waals surface area (Å²) in [5, 5.41) is 9.14. The number of benzene rings is 3. The van der Waals surface area contributed by atoms with Crippen molar-refractivity contribution in [2.75, 3.05) is 25.7 Å². The van der Waals surface area contributed by atoms with Gasteiger partial charge in [-0.15, -0.1) is 0 Å². The molecule has 7 rings (SSSR count). The number of imide groups is 1. The molecule has 2 aromatic heterocycles. The lowest BCUT2D eigenvalue weighted by atomic mass is 9.80. The Morgan fingerprint density at radius 2 is 1.52 bits per heavy atom. The van der Waals surface area contributed by atoms with E-state index in [9.17, 15) is 14.4 Å². The van der Waals surface area contributed by atoms with Crippen LogP contribution >= 0.6 is 0 Å². The van der Waals surface area contributed by atoms with Crippen molar-refractivity contribution in [1.29, 1.82) is 0 Å². The second-order valence-corrected chi connectivity index (χ2v) is 12.9. The summed E-state index contributed by atoms with van der Waals surface area (Å²) in [6.45, 7) is 0.255. The predicted octanol–water partition coefficient (Wildman–Crippen LogP) is 5.66. The largest absolute Gasteiger partial charge is 0.497 e. The fourth-order valence-corrected chi connectivity index (χ4v) is 7.15. The zero-order valence-electron chi connectivity index (χ0n) is 28.9. The van der Waals surface area contributed by atoms with Crippen LogP contribution in [0.5, 0.6) is 11.5 Å². The fraction of sp³-hybridized carbons (Fsp3) is 0.333. The van der Waals surface area contributed by atoms with E-state index in [1.54, 1.807) is 25.1 Å². The Morgan fingerprint density at radius 3 is 2.15 bits per heavy atom. The molecular formula is C39H39N5O8. The Labute approximate surface area is 300 Å². The van der Waals surface area contributed by atoms with E-state index >= 15 is 0 Å². The third kappa shape index (κ3) is 6.60. The van der Waals surface area contributed by atoms with Gasteiger partial charge >= 0.3 is 5.97 Å². The number of carboxylic acid groups (broad SMARTS) is 1. The lowest BCUT2D eigenvalue weighted by Gasteiger charge is -2.37. The minimum absolute atomic E-state index is 0.0864. The topological polar surface area (TPSA) is 155 Å². The lowest BCUT2D eigenvalue weighted by Crippen LogP contribution is -2.46. The van der Waals surface area contributed by atoms with Gasteiger partial charge in [-0.25, -0.2) is 19.9 Å². The van der Waals surface area contributed by atoms with E-state index in [0.29, 0.717) is 24.9 Å². The number of piperidine rings is 1. The molecule has 2 amide bonds. The number of carboxylic acids is 1. The van der Waals surface area contributed by atoms with E-state index in [2.05, 4.69) is 15.0 Å². The van der Waals surface area contributed by atoms with E-state index in [1.807, 2.05) is 78.9 Å². The van der Waals surface area contributed by atoms with Crippen molar-refractivity contribution in [1.82, 2.24) is 19.5 Å². The van der Waals surface area contributed by atoms with Crippen molar-refractivity contribution in [2.24, 2.45) is 5.92 Å². The van der Waals surface area contributed by atoms with Crippen LogP contribution in [0.25, 0.3) is 11.2 Å². The lowest BCUT2D eigenvalue weighted by molar-refractivity contribution is -0.137. The van der Waals surface area contributed by atoms with Crippen LogP contribution in [0.3, 0.4) is 0 Å². The van der Waals surface area contributed by atoms with Gasteiger partial charge in [0.1, 0.15) is 29.7 Å². The molecule has 2 aliphatic heterocycles. The molecule has 2 fully saturated rings. The predicted molar refractivity (Wildman–Crippen MR) is 189 cm³/mol. The zero-order chi connectivity index (χ0) is 36.2. The van der Waals surface area contributed by atoms with Crippen LogP contribution in [0.4, 0.5) is 5.82 Å². The SMILES string of the molecule is COc1ccc(C(OCC2CCC(n3cnc4c(N5C(=O)CCC(CCC(=O)O)C5=O)ncnc43)O2)(c2ccccc2)c2ccc(OC)cc2)cc1.